The number of hydrogen-bond acceptors (Lipinski definition) is 5. The zero-order valence-corrected chi connectivity index (χ0v) is 11.5. The summed E-state index contributed by atoms with van der Waals surface area (Å²) in [7, 11) is 3.21. The Morgan fingerprint density at radius 3 is 2.21 bits per heavy atom. The number of halogens is 1. The molecular weight excluding hydrogens is 270 g/mol. The van der Waals surface area contributed by atoms with Crippen LogP contribution in [0.4, 0.5) is 5.82 Å². The van der Waals surface area contributed by atoms with Gasteiger partial charge in [-0.3, -0.25) is 5.10 Å². The highest BCUT2D eigenvalue weighted by molar-refractivity contribution is 5.85. The van der Waals surface area contributed by atoms with Gasteiger partial charge in [0.15, 0.2) is 0 Å². The van der Waals surface area contributed by atoms with Crippen LogP contribution in [-0.2, 0) is 6.61 Å². The van der Waals surface area contributed by atoms with Crippen molar-refractivity contribution in [3.8, 4) is 17.4 Å². The number of aromatic amines is 1. The molecule has 0 aliphatic heterocycles. The number of ether oxygens (including phenoxy) is 3. The standard InChI is InChI=1S/C12H15N3O3.ClH/c1-16-9-3-8(4-10(5-9)17-2)7-18-12-6-11(13)14-15-12;/h3-6H,7H2,1-2H3,(H3,13,14,15);1H. The number of rotatable bonds is 5. The van der Waals surface area contributed by atoms with Gasteiger partial charge in [0.1, 0.15) is 23.9 Å². The van der Waals surface area contributed by atoms with Crippen molar-refractivity contribution >= 4 is 18.2 Å². The number of methoxy groups -OCH3 is 2. The molecule has 0 aliphatic rings. The lowest BCUT2D eigenvalue weighted by Gasteiger charge is -2.08. The average Bonchev–Trinajstić information content (AvgIpc) is 2.81. The fraction of sp³-hybridized carbons (Fsp3) is 0.250. The third-order valence-electron chi connectivity index (χ3n) is 2.37. The highest BCUT2D eigenvalue weighted by Gasteiger charge is 2.04. The van der Waals surface area contributed by atoms with Gasteiger partial charge in [0, 0.05) is 12.1 Å². The van der Waals surface area contributed by atoms with Crippen LogP contribution in [0.15, 0.2) is 24.3 Å². The first kappa shape index (κ1) is 15.0. The molecule has 0 radical (unpaired) electrons. The van der Waals surface area contributed by atoms with Crippen LogP contribution >= 0.6 is 12.4 Å². The topological polar surface area (TPSA) is 82.4 Å². The van der Waals surface area contributed by atoms with E-state index in [0.29, 0.717) is 18.3 Å². The lowest BCUT2D eigenvalue weighted by atomic mass is 10.2. The Bertz CT molecular complexity index is 508. The van der Waals surface area contributed by atoms with E-state index in [2.05, 4.69) is 10.2 Å². The van der Waals surface area contributed by atoms with Crippen molar-refractivity contribution in [1.29, 1.82) is 0 Å². The SMILES string of the molecule is COc1cc(COc2cc(N)[nH]n2)cc(OC)c1.Cl. The van der Waals surface area contributed by atoms with Crippen LogP contribution in [0.1, 0.15) is 5.56 Å². The number of anilines is 1. The van der Waals surface area contributed by atoms with E-state index in [0.717, 1.165) is 17.1 Å². The zero-order valence-electron chi connectivity index (χ0n) is 10.7. The number of aromatic nitrogens is 2. The van der Waals surface area contributed by atoms with Gasteiger partial charge in [-0.25, -0.2) is 0 Å². The zero-order chi connectivity index (χ0) is 13.0. The molecule has 0 amide bonds. The highest BCUT2D eigenvalue weighted by Crippen LogP contribution is 2.23. The van der Waals surface area contributed by atoms with E-state index < -0.39 is 0 Å². The molecule has 0 saturated carbocycles. The molecule has 7 heteroatoms. The molecule has 6 nitrogen and oxygen atoms in total. The Morgan fingerprint density at radius 1 is 1.11 bits per heavy atom. The molecule has 0 aliphatic carbocycles. The van der Waals surface area contributed by atoms with Gasteiger partial charge < -0.3 is 19.9 Å². The Labute approximate surface area is 117 Å². The molecular formula is C12H16ClN3O3. The summed E-state index contributed by atoms with van der Waals surface area (Å²) in [6, 6.07) is 7.17. The van der Waals surface area contributed by atoms with Gasteiger partial charge in [-0.1, -0.05) is 0 Å². The second kappa shape index (κ2) is 6.75. The molecule has 0 spiro atoms. The van der Waals surface area contributed by atoms with Gasteiger partial charge in [0.25, 0.3) is 0 Å². The van der Waals surface area contributed by atoms with Gasteiger partial charge in [-0.2, -0.15) is 0 Å². The molecule has 2 aromatic rings. The maximum atomic E-state index is 5.50. The second-order valence-corrected chi connectivity index (χ2v) is 3.67. The predicted octanol–water partition coefficient (Wildman–Crippen LogP) is 2.01. The Morgan fingerprint density at radius 2 is 1.74 bits per heavy atom. The number of nitrogen functional groups attached to an aromatic ring is 1. The molecule has 2 rings (SSSR count). The van der Waals surface area contributed by atoms with Crippen molar-refractivity contribution < 1.29 is 14.2 Å². The quantitative estimate of drug-likeness (QED) is 0.878. The summed E-state index contributed by atoms with van der Waals surface area (Å²) in [6.45, 7) is 0.359. The number of nitrogens with zero attached hydrogens (tertiary/aromatic N) is 1. The van der Waals surface area contributed by atoms with Crippen LogP contribution in [0.3, 0.4) is 0 Å². The minimum absolute atomic E-state index is 0. The molecule has 19 heavy (non-hydrogen) atoms. The summed E-state index contributed by atoms with van der Waals surface area (Å²) in [5.41, 5.74) is 6.42. The van der Waals surface area contributed by atoms with Gasteiger partial charge >= 0.3 is 0 Å². The minimum Gasteiger partial charge on any atom is -0.497 e. The maximum absolute atomic E-state index is 5.50. The molecule has 0 bridgehead atoms. The Kier molecular flexibility index (Phi) is 5.32. The second-order valence-electron chi connectivity index (χ2n) is 3.67. The summed E-state index contributed by atoms with van der Waals surface area (Å²) in [4.78, 5) is 0. The molecule has 1 aromatic heterocycles. The molecule has 104 valence electrons. The predicted molar refractivity (Wildman–Crippen MR) is 74.1 cm³/mol. The van der Waals surface area contributed by atoms with Crippen LogP contribution < -0.4 is 19.9 Å². The normalized spacial score (nSPS) is 9.58. The third kappa shape index (κ3) is 3.96. The number of benzene rings is 1. The number of nitrogens with one attached hydrogen (secondary N) is 1. The van der Waals surface area contributed by atoms with Crippen LogP contribution in [0.2, 0.25) is 0 Å². The van der Waals surface area contributed by atoms with Crippen molar-refractivity contribution in [2.45, 2.75) is 6.61 Å². The number of H-pyrrole nitrogens is 1. The maximum Gasteiger partial charge on any atom is 0.235 e. The number of hydrogen-bond donors (Lipinski definition) is 2. The summed E-state index contributed by atoms with van der Waals surface area (Å²) in [5.74, 6) is 2.35. The van der Waals surface area contributed by atoms with E-state index >= 15 is 0 Å². The molecule has 3 N–H and O–H groups in total. The third-order valence-corrected chi connectivity index (χ3v) is 2.37. The van der Waals surface area contributed by atoms with E-state index in [-0.39, 0.29) is 12.4 Å². The Hall–Kier alpha value is -2.08. The molecule has 0 saturated heterocycles. The van der Waals surface area contributed by atoms with Crippen LogP contribution in [0, 0.1) is 0 Å². The minimum atomic E-state index is 0. The summed E-state index contributed by atoms with van der Waals surface area (Å²) in [5, 5.41) is 6.48. The summed E-state index contributed by atoms with van der Waals surface area (Å²) < 4.78 is 15.8. The smallest absolute Gasteiger partial charge is 0.235 e. The molecule has 0 fully saturated rings. The lowest BCUT2D eigenvalue weighted by molar-refractivity contribution is 0.291. The fourth-order valence-corrected chi connectivity index (χ4v) is 1.50. The van der Waals surface area contributed by atoms with E-state index in [1.165, 1.54) is 0 Å². The average molecular weight is 286 g/mol. The van der Waals surface area contributed by atoms with Crippen LogP contribution in [0.5, 0.6) is 17.4 Å². The van der Waals surface area contributed by atoms with E-state index in [9.17, 15) is 0 Å². The van der Waals surface area contributed by atoms with Crippen LogP contribution in [0.25, 0.3) is 0 Å². The first-order valence-electron chi connectivity index (χ1n) is 5.37. The highest BCUT2D eigenvalue weighted by atomic mass is 35.5. The van der Waals surface area contributed by atoms with E-state index in [4.69, 9.17) is 19.9 Å². The first-order chi connectivity index (χ1) is 8.71. The Balaban J connectivity index is 0.00000180. The van der Waals surface area contributed by atoms with Crippen molar-refractivity contribution in [1.82, 2.24) is 10.2 Å². The van der Waals surface area contributed by atoms with Gasteiger partial charge in [0.05, 0.1) is 14.2 Å². The van der Waals surface area contributed by atoms with Crippen LogP contribution in [-0.4, -0.2) is 24.4 Å². The van der Waals surface area contributed by atoms with Gasteiger partial charge in [0.2, 0.25) is 5.88 Å². The van der Waals surface area contributed by atoms with Gasteiger partial charge in [-0.15, -0.1) is 17.5 Å². The van der Waals surface area contributed by atoms with Crippen molar-refractivity contribution in [3.05, 3.63) is 29.8 Å². The van der Waals surface area contributed by atoms with Crippen molar-refractivity contribution in [3.63, 3.8) is 0 Å². The molecule has 1 heterocycles. The monoisotopic (exact) mass is 285 g/mol. The van der Waals surface area contributed by atoms with Crippen molar-refractivity contribution in [2.24, 2.45) is 0 Å². The molecule has 1 aromatic carbocycles. The van der Waals surface area contributed by atoms with E-state index in [1.54, 1.807) is 26.4 Å². The fourth-order valence-electron chi connectivity index (χ4n) is 1.50. The first-order valence-corrected chi connectivity index (χ1v) is 5.37. The molecule has 0 atom stereocenters. The van der Waals surface area contributed by atoms with Crippen molar-refractivity contribution in [2.75, 3.05) is 20.0 Å². The van der Waals surface area contributed by atoms with E-state index in [1.807, 2.05) is 12.1 Å². The van der Waals surface area contributed by atoms with Gasteiger partial charge in [-0.05, 0) is 17.7 Å². The summed E-state index contributed by atoms with van der Waals surface area (Å²) in [6.07, 6.45) is 0. The summed E-state index contributed by atoms with van der Waals surface area (Å²) >= 11 is 0. The molecule has 0 unspecified atom stereocenters. The largest absolute Gasteiger partial charge is 0.497 e. The lowest BCUT2D eigenvalue weighted by Crippen LogP contribution is -1.97. The number of nitrogens with two attached hydrogens (primary N) is 1.